The normalized spacial score (nSPS) is 13.0. The highest BCUT2D eigenvalue weighted by atomic mass is 16.2. The van der Waals surface area contributed by atoms with Crippen molar-refractivity contribution in [2.45, 2.75) is 63.1 Å². The molecule has 0 saturated carbocycles. The molecular weight excluding hydrogens is 478 g/mol. The molecule has 0 unspecified atom stereocenters. The van der Waals surface area contributed by atoms with Crippen LogP contribution in [0.3, 0.4) is 0 Å². The lowest BCUT2D eigenvalue weighted by molar-refractivity contribution is -0.132. The first-order valence-corrected chi connectivity index (χ1v) is 12.4. The Labute approximate surface area is 217 Å². The number of nitrogens with one attached hydrogen (secondary N) is 3. The Morgan fingerprint density at radius 3 is 2.16 bits per heavy atom. The number of nitrogens with two attached hydrogens (primary N) is 5. The molecule has 0 spiro atoms. The number of hydrogen-bond donors (Lipinski definition) is 8. The molecule has 0 aliphatic carbocycles. The standard InChI is InChI=1S/C24H41N9O4/c25-12-6-2-5-10-17(26)22(36)31-15-20(34)32-19(14-16-8-3-1-4-9-16)23(37)33-18(21(27)35)11-7-13-30-24(28)29/h1,3-4,8-9,17-19H,2,5-7,10-15,25-26H2,(H2,27,35)(H,31,36)(H,32,34)(H,33,37)(H4,28,29,30)/t17-,18-,19-/m0/s1. The first-order chi connectivity index (χ1) is 17.6. The van der Waals surface area contributed by atoms with Crippen molar-refractivity contribution in [3.05, 3.63) is 35.9 Å². The molecule has 13 heteroatoms. The molecule has 1 aromatic rings. The fourth-order valence-corrected chi connectivity index (χ4v) is 3.48. The summed E-state index contributed by atoms with van der Waals surface area (Å²) in [7, 11) is 0. The van der Waals surface area contributed by atoms with E-state index < -0.39 is 41.8 Å². The Kier molecular flexibility index (Phi) is 15.0. The van der Waals surface area contributed by atoms with Gasteiger partial charge in [0, 0.05) is 13.0 Å². The van der Waals surface area contributed by atoms with E-state index in [-0.39, 0.29) is 31.9 Å². The van der Waals surface area contributed by atoms with Crippen LogP contribution >= 0.6 is 0 Å². The Morgan fingerprint density at radius 1 is 0.838 bits per heavy atom. The summed E-state index contributed by atoms with van der Waals surface area (Å²) in [5.74, 6) is -2.43. The van der Waals surface area contributed by atoms with E-state index in [2.05, 4.69) is 20.9 Å². The lowest BCUT2D eigenvalue weighted by atomic mass is 10.0. The van der Waals surface area contributed by atoms with Crippen LogP contribution in [-0.2, 0) is 25.6 Å². The molecular formula is C24H41N9O4. The lowest BCUT2D eigenvalue weighted by Gasteiger charge is -2.22. The molecule has 0 heterocycles. The predicted octanol–water partition coefficient (Wildman–Crippen LogP) is -2.30. The average Bonchev–Trinajstić information content (AvgIpc) is 2.86. The van der Waals surface area contributed by atoms with Crippen LogP contribution in [0.25, 0.3) is 0 Å². The van der Waals surface area contributed by atoms with Crippen molar-refractivity contribution in [3.63, 3.8) is 0 Å². The molecule has 13 N–H and O–H groups in total. The van der Waals surface area contributed by atoms with Gasteiger partial charge in [-0.2, -0.15) is 0 Å². The number of nitrogens with zero attached hydrogens (tertiary/aromatic N) is 1. The highest BCUT2D eigenvalue weighted by Crippen LogP contribution is 2.06. The summed E-state index contributed by atoms with van der Waals surface area (Å²) in [6, 6.07) is 6.30. The maximum Gasteiger partial charge on any atom is 0.243 e. The minimum atomic E-state index is -1.02. The molecule has 0 aliphatic rings. The summed E-state index contributed by atoms with van der Waals surface area (Å²) in [5, 5.41) is 7.70. The number of rotatable bonds is 18. The average molecular weight is 520 g/mol. The number of carbonyl (C=O) groups excluding carboxylic acids is 4. The van der Waals surface area contributed by atoms with E-state index in [1.807, 2.05) is 6.07 Å². The van der Waals surface area contributed by atoms with Crippen LogP contribution in [0.2, 0.25) is 0 Å². The van der Waals surface area contributed by atoms with E-state index in [9.17, 15) is 19.2 Å². The maximum absolute atomic E-state index is 13.0. The summed E-state index contributed by atoms with van der Waals surface area (Å²) < 4.78 is 0. The molecule has 4 amide bonds. The molecule has 13 nitrogen and oxygen atoms in total. The first kappa shape index (κ1) is 31.3. The van der Waals surface area contributed by atoms with Gasteiger partial charge < -0.3 is 44.6 Å². The van der Waals surface area contributed by atoms with Gasteiger partial charge in [-0.1, -0.05) is 43.2 Å². The summed E-state index contributed by atoms with van der Waals surface area (Å²) in [4.78, 5) is 53.6. The molecule has 0 aromatic heterocycles. The third-order valence-corrected chi connectivity index (χ3v) is 5.52. The summed E-state index contributed by atoms with van der Waals surface area (Å²) in [5.41, 5.74) is 28.2. The quantitative estimate of drug-likeness (QED) is 0.0593. The zero-order chi connectivity index (χ0) is 27.6. The summed E-state index contributed by atoms with van der Waals surface area (Å²) >= 11 is 0. The van der Waals surface area contributed by atoms with Crippen LogP contribution in [0.5, 0.6) is 0 Å². The Balaban J connectivity index is 2.75. The zero-order valence-corrected chi connectivity index (χ0v) is 21.2. The van der Waals surface area contributed by atoms with E-state index in [1.165, 1.54) is 0 Å². The van der Waals surface area contributed by atoms with E-state index in [1.54, 1.807) is 24.3 Å². The van der Waals surface area contributed by atoms with Crippen LogP contribution in [-0.4, -0.2) is 67.3 Å². The number of carbonyl (C=O) groups is 4. The Hall–Kier alpha value is -3.71. The van der Waals surface area contributed by atoms with Crippen LogP contribution in [0.4, 0.5) is 0 Å². The molecule has 3 atom stereocenters. The van der Waals surface area contributed by atoms with Gasteiger partial charge in [0.15, 0.2) is 5.96 Å². The molecule has 0 radical (unpaired) electrons. The van der Waals surface area contributed by atoms with Crippen molar-refractivity contribution < 1.29 is 19.2 Å². The highest BCUT2D eigenvalue weighted by molar-refractivity contribution is 5.93. The minimum absolute atomic E-state index is 0.0788. The molecule has 0 fully saturated rings. The van der Waals surface area contributed by atoms with Gasteiger partial charge in [0.25, 0.3) is 0 Å². The molecule has 0 bridgehead atoms. The monoisotopic (exact) mass is 519 g/mol. The van der Waals surface area contributed by atoms with E-state index >= 15 is 0 Å². The topological polar surface area (TPSA) is 247 Å². The third-order valence-electron chi connectivity index (χ3n) is 5.52. The van der Waals surface area contributed by atoms with Crippen molar-refractivity contribution in [1.82, 2.24) is 16.0 Å². The maximum atomic E-state index is 13.0. The molecule has 37 heavy (non-hydrogen) atoms. The van der Waals surface area contributed by atoms with Crippen molar-refractivity contribution in [3.8, 4) is 0 Å². The largest absolute Gasteiger partial charge is 0.370 e. The number of aliphatic imine (C=N–C) groups is 1. The van der Waals surface area contributed by atoms with Gasteiger partial charge in [-0.25, -0.2) is 0 Å². The van der Waals surface area contributed by atoms with E-state index in [0.29, 0.717) is 19.4 Å². The second kappa shape index (κ2) is 17.7. The SMILES string of the molecule is NCCCCC[C@H](N)C(=O)NCC(=O)N[C@@H](Cc1ccccc1)C(=O)N[C@@H](CCCN=C(N)N)C(N)=O. The van der Waals surface area contributed by atoms with Crippen molar-refractivity contribution in [2.75, 3.05) is 19.6 Å². The second-order valence-corrected chi connectivity index (χ2v) is 8.68. The molecule has 0 saturated heterocycles. The van der Waals surface area contributed by atoms with Crippen molar-refractivity contribution in [1.29, 1.82) is 0 Å². The smallest absolute Gasteiger partial charge is 0.243 e. The van der Waals surface area contributed by atoms with Gasteiger partial charge in [-0.3, -0.25) is 24.2 Å². The lowest BCUT2D eigenvalue weighted by Crippen LogP contribution is -2.55. The Bertz CT molecular complexity index is 891. The molecule has 1 aromatic carbocycles. The van der Waals surface area contributed by atoms with Gasteiger partial charge in [-0.05, 0) is 37.8 Å². The van der Waals surface area contributed by atoms with Gasteiger partial charge >= 0.3 is 0 Å². The number of hydrogen-bond acceptors (Lipinski definition) is 7. The van der Waals surface area contributed by atoms with Crippen molar-refractivity contribution in [2.24, 2.45) is 33.7 Å². The van der Waals surface area contributed by atoms with Crippen molar-refractivity contribution >= 4 is 29.6 Å². The predicted molar refractivity (Wildman–Crippen MR) is 142 cm³/mol. The Morgan fingerprint density at radius 2 is 1.54 bits per heavy atom. The fourth-order valence-electron chi connectivity index (χ4n) is 3.48. The number of amides is 4. The van der Waals surface area contributed by atoms with Crippen LogP contribution in [0.1, 0.15) is 44.1 Å². The summed E-state index contributed by atoms with van der Waals surface area (Å²) in [6.45, 7) is 0.490. The summed E-state index contributed by atoms with van der Waals surface area (Å²) in [6.07, 6.45) is 3.73. The fraction of sp³-hybridized carbons (Fsp3) is 0.542. The molecule has 1 rings (SSSR count). The van der Waals surface area contributed by atoms with E-state index in [4.69, 9.17) is 28.7 Å². The van der Waals surface area contributed by atoms with Gasteiger partial charge in [0.2, 0.25) is 23.6 Å². The number of benzene rings is 1. The zero-order valence-electron chi connectivity index (χ0n) is 21.2. The third kappa shape index (κ3) is 13.8. The number of unbranched alkanes of at least 4 members (excludes halogenated alkanes) is 2. The molecule has 0 aliphatic heterocycles. The van der Waals surface area contributed by atoms with Crippen LogP contribution in [0, 0.1) is 0 Å². The second-order valence-electron chi connectivity index (χ2n) is 8.68. The van der Waals surface area contributed by atoms with Crippen LogP contribution < -0.4 is 44.6 Å². The highest BCUT2D eigenvalue weighted by Gasteiger charge is 2.26. The first-order valence-electron chi connectivity index (χ1n) is 12.4. The van der Waals surface area contributed by atoms with Gasteiger partial charge in [0.05, 0.1) is 12.6 Å². The van der Waals surface area contributed by atoms with Crippen LogP contribution in [0.15, 0.2) is 35.3 Å². The number of primary amides is 1. The number of guanidine groups is 1. The van der Waals surface area contributed by atoms with Gasteiger partial charge in [-0.15, -0.1) is 0 Å². The van der Waals surface area contributed by atoms with E-state index in [0.717, 1.165) is 24.8 Å². The minimum Gasteiger partial charge on any atom is -0.370 e. The molecule has 206 valence electrons. The van der Waals surface area contributed by atoms with Gasteiger partial charge in [0.1, 0.15) is 12.1 Å².